The van der Waals surface area contributed by atoms with Crippen LogP contribution in [0, 0.1) is 5.82 Å². The van der Waals surface area contributed by atoms with Crippen LogP contribution in [-0.2, 0) is 24.4 Å². The molecular weight excluding hydrogens is 433 g/mol. The number of amides is 2. The number of halogens is 3. The van der Waals surface area contributed by atoms with Crippen LogP contribution < -0.4 is 5.32 Å². The third kappa shape index (κ3) is 7.71. The number of hydrogen-bond donors (Lipinski definition) is 1. The number of piperidine rings is 1. The highest BCUT2D eigenvalue weighted by Crippen LogP contribution is 2.18. The van der Waals surface area contributed by atoms with Crippen molar-refractivity contribution in [1.29, 1.82) is 0 Å². The lowest BCUT2D eigenvalue weighted by atomic mass is 10.0. The molecule has 1 fully saturated rings. The number of urea groups is 1. The molecule has 0 atom stereocenters. The minimum atomic E-state index is -1.04. The average Bonchev–Trinajstić information content (AvgIpc) is 2.84. The van der Waals surface area contributed by atoms with Gasteiger partial charge in [-0.05, 0) is 56.2 Å². The maximum atomic E-state index is 13.2. The summed E-state index contributed by atoms with van der Waals surface area (Å²) in [4.78, 5) is 21.2. The molecule has 33 heavy (non-hydrogen) atoms. The molecule has 2 amide bonds. The van der Waals surface area contributed by atoms with Crippen LogP contribution in [0.15, 0.2) is 42.6 Å². The first kappa shape index (κ1) is 25.0. The second-order valence-electron chi connectivity index (χ2n) is 8.35. The number of ether oxygens (including phenoxy) is 1. The second-order valence-corrected chi connectivity index (χ2v) is 8.35. The molecule has 0 radical (unpaired) electrons. The van der Waals surface area contributed by atoms with Crippen molar-refractivity contribution < 1.29 is 22.7 Å². The van der Waals surface area contributed by atoms with E-state index >= 15 is 0 Å². The molecule has 1 N–H and O–H groups in total. The number of nitrogens with zero attached hydrogens (tertiary/aromatic N) is 3. The first-order valence-corrected chi connectivity index (χ1v) is 11.1. The fraction of sp³-hybridized carbons (Fsp3) is 0.500. The molecule has 0 saturated carbocycles. The molecule has 6 nitrogen and oxygen atoms in total. The molecule has 2 aromatic rings. The first-order valence-electron chi connectivity index (χ1n) is 11.1. The zero-order valence-electron chi connectivity index (χ0n) is 18.9. The van der Waals surface area contributed by atoms with Gasteiger partial charge in [0, 0.05) is 12.6 Å². The third-order valence-electron chi connectivity index (χ3n) is 5.81. The Labute approximate surface area is 192 Å². The number of rotatable bonds is 10. The molecule has 1 aromatic carbocycles. The standard InChI is InChI=1S/C24H31F3N4O2/c1-30-10-8-22(9-11-30)31(16-21-7-6-20(27)15-28-21)24(32)29-14-18-2-4-19(5-3-18)17-33-23(12-25)13-26/h2-7,15,22-23H,8-14,16-17H2,1H3,(H,29,32). The highest BCUT2D eigenvalue weighted by atomic mass is 19.1. The topological polar surface area (TPSA) is 57.7 Å². The normalized spacial score (nSPS) is 15.1. The largest absolute Gasteiger partial charge is 0.368 e. The highest BCUT2D eigenvalue weighted by molar-refractivity contribution is 5.74. The summed E-state index contributed by atoms with van der Waals surface area (Å²) in [6, 6.07) is 10.1. The predicted molar refractivity (Wildman–Crippen MR) is 119 cm³/mol. The molecule has 1 aliphatic heterocycles. The van der Waals surface area contributed by atoms with Crippen LogP contribution in [0.2, 0.25) is 0 Å². The van der Waals surface area contributed by atoms with Crippen molar-refractivity contribution >= 4 is 6.03 Å². The molecular formula is C24H31F3N4O2. The van der Waals surface area contributed by atoms with E-state index in [4.69, 9.17) is 4.74 Å². The molecule has 0 unspecified atom stereocenters. The summed E-state index contributed by atoms with van der Waals surface area (Å²) in [6.45, 7) is 0.850. The molecule has 0 aliphatic carbocycles. The van der Waals surface area contributed by atoms with Gasteiger partial charge in [-0.1, -0.05) is 24.3 Å². The van der Waals surface area contributed by atoms with Crippen LogP contribution in [0.1, 0.15) is 29.7 Å². The summed E-state index contributed by atoms with van der Waals surface area (Å²) in [6.07, 6.45) is 1.84. The van der Waals surface area contributed by atoms with E-state index in [0.717, 1.165) is 43.3 Å². The van der Waals surface area contributed by atoms with Crippen LogP contribution in [-0.4, -0.2) is 66.4 Å². The quantitative estimate of drug-likeness (QED) is 0.580. The number of alkyl halides is 2. The van der Waals surface area contributed by atoms with Crippen LogP contribution in [0.25, 0.3) is 0 Å². The monoisotopic (exact) mass is 464 g/mol. The number of carbonyl (C=O) groups is 1. The maximum Gasteiger partial charge on any atom is 0.318 e. The SMILES string of the molecule is CN1CCC(N(Cc2ccc(F)cn2)C(=O)NCc2ccc(COC(CF)CF)cc2)CC1. The van der Waals surface area contributed by atoms with E-state index in [0.29, 0.717) is 18.8 Å². The maximum absolute atomic E-state index is 13.2. The number of benzene rings is 1. The van der Waals surface area contributed by atoms with Crippen molar-refractivity contribution in [2.45, 2.75) is 44.7 Å². The van der Waals surface area contributed by atoms with E-state index in [2.05, 4.69) is 22.2 Å². The Hall–Kier alpha value is -2.65. The van der Waals surface area contributed by atoms with E-state index < -0.39 is 25.3 Å². The van der Waals surface area contributed by atoms with E-state index in [1.807, 2.05) is 24.3 Å². The summed E-state index contributed by atoms with van der Waals surface area (Å²) in [5.74, 6) is -0.409. The van der Waals surface area contributed by atoms with E-state index in [1.165, 1.54) is 6.07 Å². The minimum absolute atomic E-state index is 0.0755. The summed E-state index contributed by atoms with van der Waals surface area (Å²) < 4.78 is 43.5. The summed E-state index contributed by atoms with van der Waals surface area (Å²) >= 11 is 0. The number of pyridine rings is 1. The molecule has 1 saturated heterocycles. The number of nitrogens with one attached hydrogen (secondary N) is 1. The van der Waals surface area contributed by atoms with Gasteiger partial charge in [0.2, 0.25) is 0 Å². The Balaban J connectivity index is 1.58. The van der Waals surface area contributed by atoms with Gasteiger partial charge < -0.3 is 19.9 Å². The van der Waals surface area contributed by atoms with Gasteiger partial charge in [0.1, 0.15) is 25.3 Å². The number of likely N-dealkylation sites (tertiary alicyclic amines) is 1. The molecule has 2 heterocycles. The van der Waals surface area contributed by atoms with Gasteiger partial charge in [0.05, 0.1) is 25.0 Å². The second kappa shape index (κ2) is 12.6. The van der Waals surface area contributed by atoms with Crippen LogP contribution in [0.3, 0.4) is 0 Å². The molecule has 0 bridgehead atoms. The lowest BCUT2D eigenvalue weighted by Gasteiger charge is -2.37. The molecule has 1 aliphatic rings. The number of aromatic nitrogens is 1. The fourth-order valence-corrected chi connectivity index (χ4v) is 3.72. The zero-order chi connectivity index (χ0) is 23.6. The molecule has 9 heteroatoms. The van der Waals surface area contributed by atoms with Gasteiger partial charge in [-0.2, -0.15) is 0 Å². The van der Waals surface area contributed by atoms with E-state index in [9.17, 15) is 18.0 Å². The Morgan fingerprint density at radius 2 is 1.82 bits per heavy atom. The van der Waals surface area contributed by atoms with Crippen molar-refractivity contribution in [3.63, 3.8) is 0 Å². The molecule has 1 aromatic heterocycles. The average molecular weight is 465 g/mol. The van der Waals surface area contributed by atoms with E-state index in [1.54, 1.807) is 11.0 Å². The van der Waals surface area contributed by atoms with Crippen LogP contribution in [0.4, 0.5) is 18.0 Å². The smallest absolute Gasteiger partial charge is 0.318 e. The lowest BCUT2D eigenvalue weighted by molar-refractivity contribution is 0.00911. The van der Waals surface area contributed by atoms with Gasteiger partial charge in [-0.3, -0.25) is 4.98 Å². The van der Waals surface area contributed by atoms with Crippen molar-refractivity contribution in [2.75, 3.05) is 33.5 Å². The summed E-state index contributed by atoms with van der Waals surface area (Å²) in [7, 11) is 2.06. The minimum Gasteiger partial charge on any atom is -0.368 e. The highest BCUT2D eigenvalue weighted by Gasteiger charge is 2.27. The van der Waals surface area contributed by atoms with Gasteiger partial charge in [0.25, 0.3) is 0 Å². The van der Waals surface area contributed by atoms with Crippen LogP contribution in [0.5, 0.6) is 0 Å². The Kier molecular flexibility index (Phi) is 9.50. The first-order chi connectivity index (χ1) is 16.0. The number of carbonyl (C=O) groups excluding carboxylic acids is 1. The molecule has 0 spiro atoms. The van der Waals surface area contributed by atoms with Gasteiger partial charge in [-0.25, -0.2) is 18.0 Å². The Morgan fingerprint density at radius 3 is 2.42 bits per heavy atom. The molecule has 3 rings (SSSR count). The Morgan fingerprint density at radius 1 is 1.15 bits per heavy atom. The Bertz CT molecular complexity index is 855. The fourth-order valence-electron chi connectivity index (χ4n) is 3.72. The van der Waals surface area contributed by atoms with Crippen LogP contribution >= 0.6 is 0 Å². The van der Waals surface area contributed by atoms with Crippen molar-refractivity contribution in [2.24, 2.45) is 0 Å². The summed E-state index contributed by atoms with van der Waals surface area (Å²) in [5.41, 5.74) is 2.32. The van der Waals surface area contributed by atoms with Crippen molar-refractivity contribution in [1.82, 2.24) is 20.1 Å². The van der Waals surface area contributed by atoms with Crippen molar-refractivity contribution in [3.8, 4) is 0 Å². The molecule has 180 valence electrons. The predicted octanol–water partition coefficient (Wildman–Crippen LogP) is 3.85. The lowest BCUT2D eigenvalue weighted by Crippen LogP contribution is -2.49. The van der Waals surface area contributed by atoms with Gasteiger partial charge in [0.15, 0.2) is 0 Å². The third-order valence-corrected chi connectivity index (χ3v) is 5.81. The van der Waals surface area contributed by atoms with E-state index in [-0.39, 0.29) is 18.7 Å². The van der Waals surface area contributed by atoms with Gasteiger partial charge >= 0.3 is 6.03 Å². The summed E-state index contributed by atoms with van der Waals surface area (Å²) in [5, 5.41) is 2.97. The number of hydrogen-bond acceptors (Lipinski definition) is 4. The zero-order valence-corrected chi connectivity index (χ0v) is 18.9. The van der Waals surface area contributed by atoms with Gasteiger partial charge in [-0.15, -0.1) is 0 Å². The van der Waals surface area contributed by atoms with Crippen molar-refractivity contribution in [3.05, 3.63) is 65.2 Å².